The van der Waals surface area contributed by atoms with Crippen molar-refractivity contribution < 1.29 is 14.7 Å². The summed E-state index contributed by atoms with van der Waals surface area (Å²) >= 11 is 5.68. The summed E-state index contributed by atoms with van der Waals surface area (Å²) in [6, 6.07) is 3.22. The van der Waals surface area contributed by atoms with Crippen molar-refractivity contribution in [2.75, 3.05) is 5.32 Å². The Morgan fingerprint density at radius 3 is 2.78 bits per heavy atom. The number of carbonyl (C=O) groups is 2. The van der Waals surface area contributed by atoms with Crippen LogP contribution in [-0.2, 0) is 4.79 Å². The monoisotopic (exact) mass is 266 g/mol. The van der Waals surface area contributed by atoms with Crippen LogP contribution in [0.3, 0.4) is 0 Å². The van der Waals surface area contributed by atoms with Crippen molar-refractivity contribution >= 4 is 29.2 Å². The summed E-state index contributed by atoms with van der Waals surface area (Å²) in [7, 11) is 0. The Morgan fingerprint density at radius 1 is 1.56 bits per heavy atom. The van der Waals surface area contributed by atoms with E-state index in [1.54, 1.807) is 0 Å². The fraction of sp³-hybridized carbons (Fsp3) is 0.167. The van der Waals surface area contributed by atoms with E-state index in [2.05, 4.69) is 11.2 Å². The van der Waals surface area contributed by atoms with Crippen LogP contribution in [0.5, 0.6) is 0 Å². The maximum atomic E-state index is 11.6. The van der Waals surface area contributed by atoms with Crippen LogP contribution in [0.4, 0.5) is 5.69 Å². The summed E-state index contributed by atoms with van der Waals surface area (Å²) in [4.78, 5) is 22.6. The van der Waals surface area contributed by atoms with Crippen LogP contribution in [0.15, 0.2) is 18.2 Å². The number of carbonyl (C=O) groups excluding carboxylic acids is 1. The van der Waals surface area contributed by atoms with Crippen LogP contribution >= 0.6 is 11.6 Å². The first-order chi connectivity index (χ1) is 8.45. The number of benzene rings is 1. The summed E-state index contributed by atoms with van der Waals surface area (Å²) in [5.41, 5.74) is 5.53. The van der Waals surface area contributed by atoms with Gasteiger partial charge in [0.05, 0.1) is 17.3 Å². The van der Waals surface area contributed by atoms with Crippen LogP contribution in [0.2, 0.25) is 5.02 Å². The Hall–Kier alpha value is -2.03. The number of carboxylic acids is 1. The summed E-state index contributed by atoms with van der Waals surface area (Å²) < 4.78 is 0. The van der Waals surface area contributed by atoms with Crippen LogP contribution in [-0.4, -0.2) is 23.0 Å². The number of hydrogen-bond acceptors (Lipinski definition) is 3. The number of terminal acetylenes is 1. The molecule has 94 valence electrons. The highest BCUT2D eigenvalue weighted by molar-refractivity contribution is 6.31. The van der Waals surface area contributed by atoms with Gasteiger partial charge in [-0.25, -0.2) is 4.79 Å². The van der Waals surface area contributed by atoms with Gasteiger partial charge in [0.2, 0.25) is 5.91 Å². The lowest BCUT2D eigenvalue weighted by molar-refractivity contribution is -0.117. The molecule has 18 heavy (non-hydrogen) atoms. The van der Waals surface area contributed by atoms with Crippen molar-refractivity contribution in [3.05, 3.63) is 28.8 Å². The van der Waals surface area contributed by atoms with Gasteiger partial charge in [0, 0.05) is 11.4 Å². The molecule has 0 aliphatic rings. The molecular formula is C12H11ClN2O3. The van der Waals surface area contributed by atoms with Crippen LogP contribution in [0.25, 0.3) is 0 Å². The van der Waals surface area contributed by atoms with Crippen molar-refractivity contribution in [1.29, 1.82) is 0 Å². The third-order valence-corrected chi connectivity index (χ3v) is 2.38. The van der Waals surface area contributed by atoms with Gasteiger partial charge in [-0.05, 0) is 18.2 Å². The second-order valence-corrected chi connectivity index (χ2v) is 3.94. The molecule has 0 heterocycles. The largest absolute Gasteiger partial charge is 0.478 e. The molecule has 0 aromatic heterocycles. The molecular weight excluding hydrogens is 256 g/mol. The Morgan fingerprint density at radius 2 is 2.22 bits per heavy atom. The third kappa shape index (κ3) is 3.48. The zero-order valence-electron chi connectivity index (χ0n) is 9.31. The first-order valence-corrected chi connectivity index (χ1v) is 5.36. The van der Waals surface area contributed by atoms with Gasteiger partial charge in [0.15, 0.2) is 0 Å². The molecule has 1 atom stereocenters. The topological polar surface area (TPSA) is 92.4 Å². The zero-order valence-corrected chi connectivity index (χ0v) is 10.1. The average Bonchev–Trinajstić information content (AvgIpc) is 2.31. The number of carboxylic acid groups (broad SMARTS) is 1. The third-order valence-electron chi connectivity index (χ3n) is 2.14. The molecule has 0 radical (unpaired) electrons. The molecule has 0 aliphatic carbocycles. The fourth-order valence-corrected chi connectivity index (χ4v) is 1.42. The van der Waals surface area contributed by atoms with E-state index in [-0.39, 0.29) is 22.7 Å². The van der Waals surface area contributed by atoms with E-state index in [9.17, 15) is 9.59 Å². The lowest BCUT2D eigenvalue weighted by Crippen LogP contribution is -2.35. The SMILES string of the molecule is C#CCC(N)C(=O)Nc1ccc(Cl)cc1C(=O)O. The molecule has 1 aromatic carbocycles. The quantitative estimate of drug-likeness (QED) is 0.717. The van der Waals surface area contributed by atoms with Gasteiger partial charge >= 0.3 is 5.97 Å². The summed E-state index contributed by atoms with van der Waals surface area (Å²) in [6.45, 7) is 0. The fourth-order valence-electron chi connectivity index (χ4n) is 1.25. The molecule has 0 saturated carbocycles. The summed E-state index contributed by atoms with van der Waals surface area (Å²) in [5.74, 6) is 0.518. The predicted molar refractivity (Wildman–Crippen MR) is 68.5 cm³/mol. The summed E-state index contributed by atoms with van der Waals surface area (Å²) in [6.07, 6.45) is 5.11. The number of amides is 1. The van der Waals surface area contributed by atoms with E-state index in [0.29, 0.717) is 0 Å². The molecule has 1 aromatic rings. The molecule has 1 amide bonds. The normalized spacial score (nSPS) is 11.4. The number of halogens is 1. The number of aromatic carboxylic acids is 1. The number of nitrogens with one attached hydrogen (secondary N) is 1. The molecule has 6 heteroatoms. The van der Waals surface area contributed by atoms with Crippen molar-refractivity contribution in [1.82, 2.24) is 0 Å². The average molecular weight is 267 g/mol. The van der Waals surface area contributed by atoms with E-state index >= 15 is 0 Å². The Labute approximate surface area is 109 Å². The Balaban J connectivity index is 2.95. The molecule has 1 unspecified atom stereocenters. The predicted octanol–water partition coefficient (Wildman–Crippen LogP) is 1.33. The van der Waals surface area contributed by atoms with Crippen LogP contribution in [0, 0.1) is 12.3 Å². The number of hydrogen-bond donors (Lipinski definition) is 3. The van der Waals surface area contributed by atoms with Gasteiger partial charge in [0.1, 0.15) is 0 Å². The van der Waals surface area contributed by atoms with Crippen LogP contribution in [0.1, 0.15) is 16.8 Å². The smallest absolute Gasteiger partial charge is 0.337 e. The highest BCUT2D eigenvalue weighted by atomic mass is 35.5. The standard InChI is InChI=1S/C12H11ClN2O3/c1-2-3-9(14)11(16)15-10-5-4-7(13)6-8(10)12(17)18/h1,4-6,9H,3,14H2,(H,15,16)(H,17,18). The summed E-state index contributed by atoms with van der Waals surface area (Å²) in [5, 5.41) is 11.6. The second kappa shape index (κ2) is 6.05. The number of anilines is 1. The van der Waals surface area contributed by atoms with E-state index in [4.69, 9.17) is 28.9 Å². The van der Waals surface area contributed by atoms with E-state index in [0.717, 1.165) is 0 Å². The Bertz CT molecular complexity index is 523. The van der Waals surface area contributed by atoms with E-state index in [1.165, 1.54) is 18.2 Å². The van der Waals surface area contributed by atoms with Gasteiger partial charge in [0.25, 0.3) is 0 Å². The van der Waals surface area contributed by atoms with Crippen molar-refractivity contribution in [2.45, 2.75) is 12.5 Å². The van der Waals surface area contributed by atoms with Gasteiger partial charge in [-0.3, -0.25) is 4.79 Å². The molecule has 0 fully saturated rings. The first-order valence-electron chi connectivity index (χ1n) is 4.98. The number of nitrogens with two attached hydrogens (primary N) is 1. The minimum atomic E-state index is -1.20. The van der Waals surface area contributed by atoms with Gasteiger partial charge in [-0.2, -0.15) is 0 Å². The Kier molecular flexibility index (Phi) is 4.72. The number of rotatable bonds is 4. The van der Waals surface area contributed by atoms with Gasteiger partial charge < -0.3 is 16.2 Å². The molecule has 5 nitrogen and oxygen atoms in total. The van der Waals surface area contributed by atoms with Crippen molar-refractivity contribution in [3.8, 4) is 12.3 Å². The lowest BCUT2D eigenvalue weighted by Gasteiger charge is -2.11. The van der Waals surface area contributed by atoms with Crippen molar-refractivity contribution in [2.24, 2.45) is 5.73 Å². The maximum absolute atomic E-state index is 11.6. The van der Waals surface area contributed by atoms with E-state index in [1.807, 2.05) is 0 Å². The molecule has 0 saturated heterocycles. The minimum absolute atomic E-state index is 0.0713. The van der Waals surface area contributed by atoms with Crippen molar-refractivity contribution in [3.63, 3.8) is 0 Å². The zero-order chi connectivity index (χ0) is 13.7. The molecule has 0 aliphatic heterocycles. The second-order valence-electron chi connectivity index (χ2n) is 3.50. The van der Waals surface area contributed by atoms with Gasteiger partial charge in [-0.15, -0.1) is 12.3 Å². The maximum Gasteiger partial charge on any atom is 0.337 e. The molecule has 4 N–H and O–H groups in total. The highest BCUT2D eigenvalue weighted by Gasteiger charge is 2.16. The molecule has 1 rings (SSSR count). The lowest BCUT2D eigenvalue weighted by atomic mass is 10.1. The molecule has 0 bridgehead atoms. The van der Waals surface area contributed by atoms with Crippen LogP contribution < -0.4 is 11.1 Å². The van der Waals surface area contributed by atoms with E-state index < -0.39 is 17.9 Å². The first kappa shape index (κ1) is 14.0. The minimum Gasteiger partial charge on any atom is -0.478 e. The van der Waals surface area contributed by atoms with Gasteiger partial charge in [-0.1, -0.05) is 11.6 Å². The highest BCUT2D eigenvalue weighted by Crippen LogP contribution is 2.20. The molecule has 0 spiro atoms.